The van der Waals surface area contributed by atoms with E-state index in [1.165, 1.54) is 0 Å². The van der Waals surface area contributed by atoms with Gasteiger partial charge in [0.1, 0.15) is 18.1 Å². The van der Waals surface area contributed by atoms with Gasteiger partial charge in [-0.2, -0.15) is 0 Å². The van der Waals surface area contributed by atoms with Crippen LogP contribution in [-0.2, 0) is 11.3 Å². The van der Waals surface area contributed by atoms with Gasteiger partial charge in [-0.15, -0.1) is 0 Å². The molecule has 0 spiro atoms. The van der Waals surface area contributed by atoms with Gasteiger partial charge < -0.3 is 19.5 Å². The fourth-order valence-electron chi connectivity index (χ4n) is 2.52. The Morgan fingerprint density at radius 2 is 1.63 bits per heavy atom. The van der Waals surface area contributed by atoms with Crippen LogP contribution in [0.15, 0.2) is 54.6 Å². The number of amides is 1. The van der Waals surface area contributed by atoms with E-state index < -0.39 is 0 Å². The minimum atomic E-state index is -0.385. The largest absolute Gasteiger partial charge is 0.497 e. The first kappa shape index (κ1) is 20.6. The maximum Gasteiger partial charge on any atom is 0.407 e. The number of hydrogen-bond donors (Lipinski definition) is 1. The highest BCUT2D eigenvalue weighted by atomic mass is 16.5. The number of ether oxygens (including phenoxy) is 3. The molecule has 0 aliphatic heterocycles. The summed E-state index contributed by atoms with van der Waals surface area (Å²) in [4.78, 5) is 11.8. The fourth-order valence-corrected chi connectivity index (χ4v) is 2.52. The van der Waals surface area contributed by atoms with Crippen LogP contribution in [0.2, 0.25) is 0 Å². The number of carbonyl (C=O) groups excluding carboxylic acids is 1. The van der Waals surface area contributed by atoms with E-state index in [1.54, 1.807) is 7.11 Å². The zero-order valence-electron chi connectivity index (χ0n) is 16.4. The van der Waals surface area contributed by atoms with Gasteiger partial charge in [0, 0.05) is 6.54 Å². The number of methoxy groups -OCH3 is 1. The van der Waals surface area contributed by atoms with E-state index in [2.05, 4.69) is 19.2 Å². The molecule has 0 bridgehead atoms. The molecule has 0 unspecified atom stereocenters. The third-order valence-corrected chi connectivity index (χ3v) is 4.39. The molecular formula is C22H29NO4. The number of nitrogens with one attached hydrogen (secondary N) is 1. The SMILES string of the molecule is COc1ccc(OCCC(C)(C)CCNC(=O)OCc2ccccc2)cc1. The molecule has 27 heavy (non-hydrogen) atoms. The van der Waals surface area contributed by atoms with Crippen molar-refractivity contribution in [1.82, 2.24) is 5.32 Å². The zero-order valence-corrected chi connectivity index (χ0v) is 16.4. The minimum absolute atomic E-state index is 0.0547. The lowest BCUT2D eigenvalue weighted by atomic mass is 9.86. The van der Waals surface area contributed by atoms with Gasteiger partial charge in [0.05, 0.1) is 13.7 Å². The van der Waals surface area contributed by atoms with Crippen molar-refractivity contribution < 1.29 is 19.0 Å². The summed E-state index contributed by atoms with van der Waals surface area (Å²) in [6.07, 6.45) is 1.35. The van der Waals surface area contributed by atoms with E-state index >= 15 is 0 Å². The smallest absolute Gasteiger partial charge is 0.407 e. The van der Waals surface area contributed by atoms with Gasteiger partial charge >= 0.3 is 6.09 Å². The lowest BCUT2D eigenvalue weighted by Gasteiger charge is -2.24. The summed E-state index contributed by atoms with van der Waals surface area (Å²) in [6, 6.07) is 17.2. The number of alkyl carbamates (subject to hydrolysis) is 1. The lowest BCUT2D eigenvalue weighted by Crippen LogP contribution is -2.29. The average molecular weight is 371 g/mol. The normalized spacial score (nSPS) is 10.9. The summed E-state index contributed by atoms with van der Waals surface area (Å²) in [5, 5.41) is 2.81. The second-order valence-electron chi connectivity index (χ2n) is 7.18. The maximum atomic E-state index is 11.8. The van der Waals surface area contributed by atoms with Crippen LogP contribution in [0.25, 0.3) is 0 Å². The quantitative estimate of drug-likeness (QED) is 0.651. The Kier molecular flexibility index (Phi) is 7.99. The summed E-state index contributed by atoms with van der Waals surface area (Å²) >= 11 is 0. The van der Waals surface area contributed by atoms with Gasteiger partial charge in [-0.25, -0.2) is 4.79 Å². The van der Waals surface area contributed by atoms with E-state index in [1.807, 2.05) is 54.6 Å². The third-order valence-electron chi connectivity index (χ3n) is 4.39. The summed E-state index contributed by atoms with van der Waals surface area (Å²) in [6.45, 7) is 5.81. The summed E-state index contributed by atoms with van der Waals surface area (Å²) in [7, 11) is 1.64. The molecule has 5 nitrogen and oxygen atoms in total. The molecule has 2 rings (SSSR count). The number of hydrogen-bond acceptors (Lipinski definition) is 4. The van der Waals surface area contributed by atoms with Gasteiger partial charge in [0.25, 0.3) is 0 Å². The van der Waals surface area contributed by atoms with Crippen LogP contribution < -0.4 is 14.8 Å². The first-order valence-corrected chi connectivity index (χ1v) is 9.20. The standard InChI is InChI=1S/C22H29NO4/c1-22(2,14-16-26-20-11-9-19(25-3)10-12-20)13-15-23-21(24)27-17-18-7-5-4-6-8-18/h4-12H,13-17H2,1-3H3,(H,23,24). The predicted octanol–water partition coefficient (Wildman–Crippen LogP) is 4.81. The zero-order chi connectivity index (χ0) is 19.5. The fraction of sp³-hybridized carbons (Fsp3) is 0.409. The molecule has 146 valence electrons. The first-order valence-electron chi connectivity index (χ1n) is 9.20. The molecular weight excluding hydrogens is 342 g/mol. The summed E-state index contributed by atoms with van der Waals surface area (Å²) in [5.41, 5.74) is 1.03. The van der Waals surface area contributed by atoms with Gasteiger partial charge in [-0.1, -0.05) is 44.2 Å². The van der Waals surface area contributed by atoms with E-state index in [-0.39, 0.29) is 18.1 Å². The Labute approximate surface area is 161 Å². The second-order valence-corrected chi connectivity index (χ2v) is 7.18. The highest BCUT2D eigenvalue weighted by Gasteiger charge is 2.18. The van der Waals surface area contributed by atoms with Crippen molar-refractivity contribution in [3.05, 3.63) is 60.2 Å². The van der Waals surface area contributed by atoms with Crippen molar-refractivity contribution in [2.24, 2.45) is 5.41 Å². The number of carbonyl (C=O) groups is 1. The molecule has 2 aromatic carbocycles. The van der Waals surface area contributed by atoms with E-state index in [9.17, 15) is 4.79 Å². The van der Waals surface area contributed by atoms with Gasteiger partial charge in [-0.3, -0.25) is 0 Å². The molecule has 0 aliphatic rings. The van der Waals surface area contributed by atoms with Crippen molar-refractivity contribution in [3.63, 3.8) is 0 Å². The van der Waals surface area contributed by atoms with Crippen LogP contribution in [0.4, 0.5) is 4.79 Å². The minimum Gasteiger partial charge on any atom is -0.497 e. The van der Waals surface area contributed by atoms with Crippen LogP contribution in [0.3, 0.4) is 0 Å². The highest BCUT2D eigenvalue weighted by molar-refractivity contribution is 5.67. The topological polar surface area (TPSA) is 56.8 Å². The first-order chi connectivity index (χ1) is 13.0. The van der Waals surface area contributed by atoms with Crippen LogP contribution in [0.5, 0.6) is 11.5 Å². The van der Waals surface area contributed by atoms with Crippen molar-refractivity contribution in [2.45, 2.75) is 33.3 Å². The molecule has 0 aliphatic carbocycles. The van der Waals surface area contributed by atoms with Crippen LogP contribution in [-0.4, -0.2) is 26.4 Å². The molecule has 2 aromatic rings. The summed E-state index contributed by atoms with van der Waals surface area (Å²) < 4.78 is 16.1. The maximum absolute atomic E-state index is 11.8. The van der Waals surface area contributed by atoms with Gasteiger partial charge in [-0.05, 0) is 48.1 Å². The molecule has 0 saturated carbocycles. The van der Waals surface area contributed by atoms with Crippen LogP contribution in [0.1, 0.15) is 32.3 Å². The molecule has 0 fully saturated rings. The Balaban J connectivity index is 1.61. The van der Waals surface area contributed by atoms with E-state index in [4.69, 9.17) is 14.2 Å². The number of rotatable bonds is 10. The monoisotopic (exact) mass is 371 g/mol. The third kappa shape index (κ3) is 8.03. The molecule has 5 heteroatoms. The van der Waals surface area contributed by atoms with Crippen molar-refractivity contribution in [1.29, 1.82) is 0 Å². The van der Waals surface area contributed by atoms with Crippen LogP contribution in [0, 0.1) is 5.41 Å². The average Bonchev–Trinajstić information content (AvgIpc) is 2.67. The number of benzene rings is 2. The molecule has 1 N–H and O–H groups in total. The Bertz CT molecular complexity index is 683. The predicted molar refractivity (Wildman–Crippen MR) is 106 cm³/mol. The molecule has 0 atom stereocenters. The van der Waals surface area contributed by atoms with Gasteiger partial charge in [0.15, 0.2) is 0 Å². The second kappa shape index (κ2) is 10.5. The molecule has 0 heterocycles. The van der Waals surface area contributed by atoms with Crippen molar-refractivity contribution in [2.75, 3.05) is 20.3 Å². The molecule has 0 aromatic heterocycles. The molecule has 1 amide bonds. The Morgan fingerprint density at radius 1 is 0.963 bits per heavy atom. The molecule has 0 radical (unpaired) electrons. The van der Waals surface area contributed by atoms with Crippen molar-refractivity contribution >= 4 is 6.09 Å². The highest BCUT2D eigenvalue weighted by Crippen LogP contribution is 2.25. The Morgan fingerprint density at radius 3 is 2.30 bits per heavy atom. The summed E-state index contributed by atoms with van der Waals surface area (Å²) in [5.74, 6) is 1.64. The lowest BCUT2D eigenvalue weighted by molar-refractivity contribution is 0.137. The van der Waals surface area contributed by atoms with Crippen molar-refractivity contribution in [3.8, 4) is 11.5 Å². The Hall–Kier alpha value is -2.69. The van der Waals surface area contributed by atoms with E-state index in [0.717, 1.165) is 29.9 Å². The van der Waals surface area contributed by atoms with E-state index in [0.29, 0.717) is 13.2 Å². The van der Waals surface area contributed by atoms with Crippen LogP contribution >= 0.6 is 0 Å². The molecule has 0 saturated heterocycles. The van der Waals surface area contributed by atoms with Gasteiger partial charge in [0.2, 0.25) is 0 Å².